The van der Waals surface area contributed by atoms with Gasteiger partial charge in [0.25, 0.3) is 15.9 Å². The van der Waals surface area contributed by atoms with E-state index >= 15 is 0 Å². The second-order valence-corrected chi connectivity index (χ2v) is 14.6. The molecule has 1 aromatic heterocycles. The second-order valence-electron chi connectivity index (χ2n) is 12.9. The van der Waals surface area contributed by atoms with Crippen molar-refractivity contribution in [2.24, 2.45) is 11.3 Å². The van der Waals surface area contributed by atoms with Crippen molar-refractivity contribution in [1.29, 1.82) is 0 Å². The molecule has 0 unspecified atom stereocenters. The van der Waals surface area contributed by atoms with Crippen molar-refractivity contribution in [1.82, 2.24) is 14.9 Å². The van der Waals surface area contributed by atoms with Crippen LogP contribution in [0.4, 0.5) is 5.95 Å². The van der Waals surface area contributed by atoms with Crippen LogP contribution in [-0.2, 0) is 10.0 Å². The van der Waals surface area contributed by atoms with Crippen LogP contribution in [0.3, 0.4) is 0 Å². The topological polar surface area (TPSA) is 101 Å². The summed E-state index contributed by atoms with van der Waals surface area (Å²) in [6, 6.07) is 14.0. The van der Waals surface area contributed by atoms with Crippen molar-refractivity contribution in [3.63, 3.8) is 0 Å². The van der Waals surface area contributed by atoms with E-state index in [2.05, 4.69) is 28.5 Å². The van der Waals surface area contributed by atoms with Gasteiger partial charge in [0, 0.05) is 23.2 Å². The summed E-state index contributed by atoms with van der Waals surface area (Å²) in [6.45, 7) is 8.56. The van der Waals surface area contributed by atoms with Crippen molar-refractivity contribution in [2.75, 3.05) is 11.3 Å². The number of hydrogen-bond donors (Lipinski definition) is 1. The van der Waals surface area contributed by atoms with Crippen LogP contribution in [0.1, 0.15) is 80.3 Å². The molecule has 3 aliphatic rings. The number of hydrogen-bond acceptors (Lipinski definition) is 6. The number of sulfonamides is 1. The molecule has 222 valence electrons. The number of fused-ring (bicyclic) bond motifs is 4. The smallest absolute Gasteiger partial charge is 0.264 e. The zero-order chi connectivity index (χ0) is 29.6. The predicted octanol–water partition coefficient (Wildman–Crippen LogP) is 6.53. The van der Waals surface area contributed by atoms with Gasteiger partial charge in [0.05, 0.1) is 16.6 Å². The minimum atomic E-state index is -4.08. The number of rotatable bonds is 4. The Morgan fingerprint density at radius 2 is 1.71 bits per heavy atom. The van der Waals surface area contributed by atoms with Crippen LogP contribution < -0.4 is 9.46 Å². The van der Waals surface area contributed by atoms with Gasteiger partial charge >= 0.3 is 0 Å². The lowest BCUT2D eigenvalue weighted by Crippen LogP contribution is -2.57. The highest BCUT2D eigenvalue weighted by molar-refractivity contribution is 7.92. The van der Waals surface area contributed by atoms with E-state index in [4.69, 9.17) is 4.74 Å². The largest absolute Gasteiger partial charge is 0.475 e. The van der Waals surface area contributed by atoms with Gasteiger partial charge in [0.15, 0.2) is 0 Å². The van der Waals surface area contributed by atoms with E-state index in [0.29, 0.717) is 22.6 Å². The van der Waals surface area contributed by atoms with Crippen molar-refractivity contribution in [3.05, 3.63) is 65.2 Å². The SMILES string of the molecule is Cc1cccc(C)c1-c1cc2nc(n1)NS(=O)(=O)c1cccc(c1)C(=O)N(C1CC3(CCCC3)C1)[C@H](CC(C)C)CO2. The Balaban J connectivity index is 1.46. The summed E-state index contributed by atoms with van der Waals surface area (Å²) in [7, 11) is -4.08. The van der Waals surface area contributed by atoms with E-state index in [1.807, 2.05) is 36.9 Å². The Bertz CT molecular complexity index is 1590. The highest BCUT2D eigenvalue weighted by Gasteiger charge is 2.50. The molecule has 2 fully saturated rings. The van der Waals surface area contributed by atoms with Gasteiger partial charge in [-0.3, -0.25) is 4.79 Å². The first-order chi connectivity index (χ1) is 20.0. The molecule has 0 saturated heterocycles. The van der Waals surface area contributed by atoms with Gasteiger partial charge in [0.1, 0.15) is 6.61 Å². The highest BCUT2D eigenvalue weighted by Crippen LogP contribution is 2.55. The number of nitrogens with zero attached hydrogens (tertiary/aromatic N) is 3. The van der Waals surface area contributed by atoms with Gasteiger partial charge in [0.2, 0.25) is 11.8 Å². The van der Waals surface area contributed by atoms with E-state index in [1.165, 1.54) is 37.8 Å². The molecule has 1 spiro atoms. The number of carbonyl (C=O) groups is 1. The molecule has 1 N–H and O–H groups in total. The van der Waals surface area contributed by atoms with E-state index in [0.717, 1.165) is 36.0 Å². The maximum Gasteiger partial charge on any atom is 0.264 e. The number of nitrogens with one attached hydrogen (secondary N) is 1. The van der Waals surface area contributed by atoms with Crippen molar-refractivity contribution in [2.45, 2.75) is 89.6 Å². The van der Waals surface area contributed by atoms with Gasteiger partial charge in [-0.2, -0.15) is 4.98 Å². The molecule has 1 amide bonds. The van der Waals surface area contributed by atoms with Gasteiger partial charge in [-0.1, -0.05) is 51.0 Å². The Morgan fingerprint density at radius 1 is 1.02 bits per heavy atom. The number of aromatic nitrogens is 2. The van der Waals surface area contributed by atoms with Crippen LogP contribution in [0, 0.1) is 25.2 Å². The quantitative estimate of drug-likeness (QED) is 0.372. The summed E-state index contributed by atoms with van der Waals surface area (Å²) >= 11 is 0. The number of aryl methyl sites for hydroxylation is 2. The van der Waals surface area contributed by atoms with Gasteiger partial charge in [-0.15, -0.1) is 0 Å². The Morgan fingerprint density at radius 3 is 2.40 bits per heavy atom. The molecule has 2 aromatic carbocycles. The molecule has 2 saturated carbocycles. The van der Waals surface area contributed by atoms with E-state index < -0.39 is 10.0 Å². The van der Waals surface area contributed by atoms with Gasteiger partial charge < -0.3 is 9.64 Å². The first-order valence-electron chi connectivity index (χ1n) is 15.1. The third-order valence-electron chi connectivity index (χ3n) is 9.25. The lowest BCUT2D eigenvalue weighted by atomic mass is 9.63. The average molecular weight is 589 g/mol. The molecule has 2 heterocycles. The predicted molar refractivity (Wildman–Crippen MR) is 163 cm³/mol. The number of anilines is 1. The number of amides is 1. The number of carbonyl (C=O) groups excluding carboxylic acids is 1. The third-order valence-corrected chi connectivity index (χ3v) is 10.6. The molecule has 6 rings (SSSR count). The summed E-state index contributed by atoms with van der Waals surface area (Å²) in [4.78, 5) is 25.4. The van der Waals surface area contributed by atoms with Crippen molar-refractivity contribution >= 4 is 21.9 Å². The van der Waals surface area contributed by atoms with Crippen LogP contribution in [0.2, 0.25) is 0 Å². The number of benzene rings is 2. The zero-order valence-electron chi connectivity index (χ0n) is 24.9. The molecule has 42 heavy (non-hydrogen) atoms. The Hall–Kier alpha value is -3.46. The second kappa shape index (κ2) is 11.0. The average Bonchev–Trinajstić information content (AvgIpc) is 3.41. The third kappa shape index (κ3) is 5.51. The summed E-state index contributed by atoms with van der Waals surface area (Å²) in [5, 5.41) is 0. The minimum Gasteiger partial charge on any atom is -0.475 e. The lowest BCUT2D eigenvalue weighted by Gasteiger charge is -2.52. The minimum absolute atomic E-state index is 0.00243. The summed E-state index contributed by atoms with van der Waals surface area (Å²) in [5.74, 6) is 0.380. The number of ether oxygens (including phenoxy) is 1. The van der Waals surface area contributed by atoms with E-state index in [9.17, 15) is 13.2 Å². The molecular formula is C33H40N4O4S. The molecule has 2 aliphatic carbocycles. The molecule has 0 radical (unpaired) electrons. The molecule has 4 bridgehead atoms. The standard InChI is InChI=1S/C33H40N4O4S/c1-21(2)15-25-20-41-29-17-28(30-22(3)9-7-10-23(30)4)34-32(35-29)36-42(39,40)27-12-8-11-24(16-27)31(38)37(25)26-18-33(19-26)13-5-6-14-33/h7-12,16-17,21,25-26H,5-6,13-15,18-20H2,1-4H3,(H,34,35,36)/t25-/m1/s1. The summed E-state index contributed by atoms with van der Waals surface area (Å²) < 4.78 is 36.1. The zero-order valence-corrected chi connectivity index (χ0v) is 25.7. The van der Waals surface area contributed by atoms with Crippen LogP contribution in [0.5, 0.6) is 5.88 Å². The first-order valence-corrected chi connectivity index (χ1v) is 16.6. The normalized spacial score (nSPS) is 21.6. The molecule has 8 nitrogen and oxygen atoms in total. The summed E-state index contributed by atoms with van der Waals surface area (Å²) in [5.41, 5.74) is 4.21. The molecule has 9 heteroatoms. The van der Waals surface area contributed by atoms with Gasteiger partial charge in [-0.05, 0) is 86.6 Å². The van der Waals surface area contributed by atoms with Crippen LogP contribution in [0.25, 0.3) is 11.3 Å². The van der Waals surface area contributed by atoms with Crippen molar-refractivity contribution < 1.29 is 17.9 Å². The highest BCUT2D eigenvalue weighted by atomic mass is 32.2. The molecule has 3 aromatic rings. The monoisotopic (exact) mass is 588 g/mol. The van der Waals surface area contributed by atoms with Crippen LogP contribution in [0.15, 0.2) is 53.4 Å². The van der Waals surface area contributed by atoms with E-state index in [1.54, 1.807) is 18.2 Å². The lowest BCUT2D eigenvalue weighted by molar-refractivity contribution is -0.0205. The fourth-order valence-electron chi connectivity index (χ4n) is 7.30. The van der Waals surface area contributed by atoms with E-state index in [-0.39, 0.29) is 41.3 Å². The van der Waals surface area contributed by atoms with Crippen LogP contribution in [-0.4, -0.2) is 47.9 Å². The summed E-state index contributed by atoms with van der Waals surface area (Å²) in [6.07, 6.45) is 7.69. The van der Waals surface area contributed by atoms with Crippen molar-refractivity contribution in [3.8, 4) is 17.1 Å². The Labute approximate surface area is 249 Å². The Kier molecular flexibility index (Phi) is 7.50. The maximum absolute atomic E-state index is 14.3. The van der Waals surface area contributed by atoms with Gasteiger partial charge in [-0.25, -0.2) is 18.1 Å². The molecular weight excluding hydrogens is 548 g/mol. The molecule has 1 atom stereocenters. The van der Waals surface area contributed by atoms with Crippen LogP contribution >= 0.6 is 0 Å². The first kappa shape index (κ1) is 28.6. The maximum atomic E-state index is 14.3. The fraction of sp³-hybridized carbons (Fsp3) is 0.485. The molecule has 1 aliphatic heterocycles. The fourth-order valence-corrected chi connectivity index (χ4v) is 8.29.